The molecule has 0 saturated heterocycles. The van der Waals surface area contributed by atoms with E-state index in [0.29, 0.717) is 40.5 Å². The number of aromatic nitrogens is 2. The second-order valence-corrected chi connectivity index (χ2v) is 42.1. The maximum atomic E-state index is 13.5. The number of primary sulfonamides is 1. The molecule has 0 amide bonds. The van der Waals surface area contributed by atoms with Crippen molar-refractivity contribution in [1.82, 2.24) is 4.98 Å². The number of hydrogen-bond acceptors (Lipinski definition) is 24. The largest absolute Gasteiger partial charge is 0.504 e. The molecule has 6 aliphatic rings. The Balaban J connectivity index is 0.000000126. The van der Waals surface area contributed by atoms with E-state index in [1.54, 1.807) is 48.5 Å². The van der Waals surface area contributed by atoms with Crippen LogP contribution in [-0.4, -0.2) is 102 Å². The number of halogens is 2. The maximum absolute atomic E-state index is 13.5. The summed E-state index contributed by atoms with van der Waals surface area (Å²) < 4.78 is 135. The molecule has 2 atom stereocenters. The summed E-state index contributed by atoms with van der Waals surface area (Å²) in [5, 5.41) is 48.3. The Hall–Kier alpha value is -15.0. The van der Waals surface area contributed by atoms with Crippen molar-refractivity contribution in [2.24, 2.45) is 11.1 Å². The lowest BCUT2D eigenvalue weighted by atomic mass is 9.73. The van der Waals surface area contributed by atoms with E-state index >= 15 is 0 Å². The summed E-state index contributed by atoms with van der Waals surface area (Å²) in [6.07, 6.45) is 4.54. The van der Waals surface area contributed by atoms with Crippen LogP contribution in [0.2, 0.25) is 0 Å². The van der Waals surface area contributed by atoms with Crippen LogP contribution in [0.4, 0.5) is 45.5 Å². The number of sulfonamides is 1. The Labute approximate surface area is 832 Å². The molecule has 1 aromatic heterocycles. The number of nitrogens with zero attached hydrogens (tertiary/aromatic N) is 3. The second-order valence-electron chi connectivity index (χ2n) is 33.9. The number of aliphatic carboxylic acids is 1. The number of ketones is 4. The first-order valence-corrected chi connectivity index (χ1v) is 51.4. The molecule has 1 fully saturated rings. The van der Waals surface area contributed by atoms with Gasteiger partial charge < -0.3 is 52.3 Å². The minimum Gasteiger partial charge on any atom is -0.504 e. The molecule has 141 heavy (non-hydrogen) atoms. The first-order valence-electron chi connectivity index (χ1n) is 43.4. The van der Waals surface area contributed by atoms with Gasteiger partial charge in [-0.15, -0.1) is 4.57 Å². The summed E-state index contributed by atoms with van der Waals surface area (Å²) in [7, 11) is -18.3. The zero-order valence-corrected chi connectivity index (χ0v) is 81.1. The molecule has 2 aliphatic heterocycles. The number of carboxylic acid groups (broad SMARTS) is 1. The summed E-state index contributed by atoms with van der Waals surface area (Å²) >= 11 is 4.81. The van der Waals surface area contributed by atoms with Gasteiger partial charge in [-0.2, -0.15) is 25.3 Å². The smallest absolute Gasteiger partial charge is 0.307 e. The van der Waals surface area contributed by atoms with Crippen LogP contribution in [0.5, 0.6) is 17.2 Å². The lowest BCUT2D eigenvalue weighted by Crippen LogP contribution is -2.33. The van der Waals surface area contributed by atoms with Crippen LogP contribution >= 0.6 is 45.2 Å². The van der Waals surface area contributed by atoms with Crippen LogP contribution in [0, 0.1) is 13.1 Å². The van der Waals surface area contributed by atoms with E-state index in [2.05, 4.69) is 193 Å². The lowest BCUT2D eigenvalue weighted by molar-refractivity contribution is -0.538. The SMILES string of the molecule is Ic1ccc2c(c1)N(c1ccccc1)c1cc(Cc3ccc4nc5ccc(I)cc5[n+](-c5ccccc5)c4c3)ccc1C2.Nc1c(S(=O)(=O)O)cc(Nc2cccc(S(N)(=O)=O)c2)c2c1C(=O)c1ccccc1C2=O.Nc1ccc(-c2ccc(Cc3cc(S(=O)(=O)O)c(N)c4c3C(=O)c3ccccc3C4=O)cc2)c(S(=O)(=O)O)c1.O=C(O)C1CCCCC1c1c2ccc(=O)c(O)c-2oc2c(O)c(O)ccc12. The van der Waals surface area contributed by atoms with Gasteiger partial charge in [0.1, 0.15) is 25.7 Å². The van der Waals surface area contributed by atoms with Crippen molar-refractivity contribution in [2.75, 3.05) is 27.4 Å². The number of anilines is 8. The molecule has 2 unspecified atom stereocenters. The minimum atomic E-state index is -4.88. The molecular formula is C105H79I2N8O22S4+. The molecule has 0 radical (unpaired) electrons. The van der Waals surface area contributed by atoms with E-state index in [1.807, 2.05) is 0 Å². The van der Waals surface area contributed by atoms with Crippen molar-refractivity contribution in [1.29, 1.82) is 0 Å². The number of hydrogen-bond donors (Lipinski definition) is 12. The van der Waals surface area contributed by atoms with Crippen molar-refractivity contribution in [3.63, 3.8) is 0 Å². The number of rotatable bonds is 15. The quantitative estimate of drug-likeness (QED) is 0.0113. The Kier molecular flexibility index (Phi) is 25.9. The summed E-state index contributed by atoms with van der Waals surface area (Å²) in [6.45, 7) is 0. The molecule has 0 spiro atoms. The standard InChI is InChI=1S/C38H26I2N3.C27H20N2O8S2.C20H15N3O7S2.C20H18O7/c39-29-15-14-28-22-27-13-11-25(20-35(27)42(36(28)23-29)31-7-3-1-4-8-31)19-26-12-17-33-37(21-26)43(32-9-5-2-6-10-32)38-24-30(40)16-18-34(38)41-33;28-17-9-10-18(21(13-17)38(32,33)34)15-7-5-14(6-8-15)11-16-12-22(39(35,36)37)25(29)24-23(16)26(30)19-3-1-2-4-20(19)27(24)31;21-18-15(32(28,29)30)9-14(23-10-4-3-5-11(8-10)31(22,26)27)16-17(18)20(25)13-7-2-1-6-12(13)19(16)24;21-13-7-5-11-15(9-3-1-2-4-10(9)20(25)26)12-6-8-14(22)17(24)19(12)27-18(11)16(13)23/h1-18,20-21,23-24H,19,22H2;1-10,12-13H,11,28-29H2,(H,32,33,34)(H,35,36,37);1-9,23H,21H2,(H2,22,26,27)(H,28,29,30);5-10,21,23-24H,1-4H2,(H,25,26)/q+1;;;. The molecule has 36 heteroatoms. The summed E-state index contributed by atoms with van der Waals surface area (Å²) in [6, 6.07) is 83.6. The van der Waals surface area contributed by atoms with E-state index in [4.69, 9.17) is 31.7 Å². The predicted octanol–water partition coefficient (Wildman–Crippen LogP) is 18.3. The number of phenolic OH excluding ortho intramolecular Hbond substituents is 3. The highest BCUT2D eigenvalue weighted by Gasteiger charge is 2.41. The molecule has 708 valence electrons. The van der Waals surface area contributed by atoms with Gasteiger partial charge in [0.15, 0.2) is 40.2 Å². The molecule has 15 aromatic rings. The normalized spacial score (nSPS) is 14.3. The van der Waals surface area contributed by atoms with Crippen molar-refractivity contribution >= 4 is 193 Å². The molecule has 4 aliphatic carbocycles. The fourth-order valence-corrected chi connectivity index (χ4v) is 22.2. The number of benzene rings is 15. The van der Waals surface area contributed by atoms with Crippen LogP contribution in [0.25, 0.3) is 61.2 Å². The molecule has 16 N–H and O–H groups in total. The monoisotopic (exact) mass is 2190 g/mol. The van der Waals surface area contributed by atoms with Gasteiger partial charge in [-0.05, 0) is 237 Å². The van der Waals surface area contributed by atoms with E-state index in [9.17, 15) is 96.5 Å². The molecule has 3 heterocycles. The number of phenols is 3. The highest BCUT2D eigenvalue weighted by atomic mass is 127. The average molecular weight is 2190 g/mol. The van der Waals surface area contributed by atoms with Gasteiger partial charge in [0, 0.05) is 105 Å². The summed E-state index contributed by atoms with van der Waals surface area (Å²) in [4.78, 5) is 82.2. The zero-order valence-electron chi connectivity index (χ0n) is 73.5. The predicted molar refractivity (Wildman–Crippen MR) is 547 cm³/mol. The van der Waals surface area contributed by atoms with E-state index in [0.717, 1.165) is 77.7 Å². The van der Waals surface area contributed by atoms with Gasteiger partial charge in [0.25, 0.3) is 30.4 Å². The lowest BCUT2D eigenvalue weighted by Gasteiger charge is -2.34. The first kappa shape index (κ1) is 96.3. The van der Waals surface area contributed by atoms with Gasteiger partial charge in [-0.3, -0.25) is 42.4 Å². The number of carbonyl (C=O) groups excluding carboxylic acids is 4. The van der Waals surface area contributed by atoms with Crippen molar-refractivity contribution in [2.45, 2.75) is 70.4 Å². The minimum absolute atomic E-state index is 0.0283. The zero-order chi connectivity index (χ0) is 99.9. The number of nitrogens with one attached hydrogen (secondary N) is 1. The van der Waals surface area contributed by atoms with Gasteiger partial charge in [-0.1, -0.05) is 158 Å². The van der Waals surface area contributed by atoms with Crippen molar-refractivity contribution < 1.29 is 101 Å². The Morgan fingerprint density at radius 1 is 0.482 bits per heavy atom. The van der Waals surface area contributed by atoms with Crippen LogP contribution < -0.4 is 42.6 Å². The van der Waals surface area contributed by atoms with E-state index < -0.39 is 119 Å². The van der Waals surface area contributed by atoms with E-state index in [1.165, 1.54) is 125 Å². The van der Waals surface area contributed by atoms with E-state index in [-0.39, 0.29) is 106 Å². The first-order chi connectivity index (χ1) is 67.2. The number of nitrogen functional groups attached to an aromatic ring is 3. The van der Waals surface area contributed by atoms with Gasteiger partial charge in [-0.25, -0.2) is 18.5 Å². The highest BCUT2D eigenvalue weighted by Crippen LogP contribution is 2.52. The van der Waals surface area contributed by atoms with Crippen LogP contribution in [0.15, 0.2) is 314 Å². The molecule has 1 saturated carbocycles. The van der Waals surface area contributed by atoms with Crippen molar-refractivity contribution in [3.05, 3.63) is 386 Å². The van der Waals surface area contributed by atoms with Crippen LogP contribution in [-0.2, 0) is 64.4 Å². The molecular weight excluding hydrogens is 2110 g/mol. The number of para-hydroxylation sites is 2. The number of aromatic hydroxyl groups is 3. The fraction of sp³-hybridized carbons (Fsp3) is 0.0857. The third-order valence-corrected chi connectivity index (χ3v) is 30.0. The number of fused-ring (bicyclic) bond motifs is 10. The van der Waals surface area contributed by atoms with Crippen LogP contribution in [0.1, 0.15) is 134 Å². The molecule has 0 bridgehead atoms. The maximum Gasteiger partial charge on any atom is 0.307 e. The summed E-state index contributed by atoms with van der Waals surface area (Å²) in [5.74, 6) is -6.02. The second kappa shape index (κ2) is 38.0. The Morgan fingerprint density at radius 3 is 1.65 bits per heavy atom. The molecule has 30 nitrogen and oxygen atoms in total. The number of carbonyl (C=O) groups is 5. The van der Waals surface area contributed by atoms with Crippen molar-refractivity contribution in [3.8, 4) is 45.4 Å². The van der Waals surface area contributed by atoms with Gasteiger partial charge in [0.05, 0.1) is 50.3 Å². The topological polar surface area (TPSA) is 530 Å². The summed E-state index contributed by atoms with van der Waals surface area (Å²) in [5.41, 5.74) is 32.0. The average Bonchev–Trinajstić information content (AvgIpc) is 0.731. The van der Waals surface area contributed by atoms with Gasteiger partial charge in [0.2, 0.25) is 43.7 Å². The fourth-order valence-electron chi connectivity index (χ4n) is 18.6. The Bertz CT molecular complexity index is 8720. The molecule has 14 aromatic carbocycles. The van der Waals surface area contributed by atoms with Crippen LogP contribution in [0.3, 0.4) is 0 Å². The van der Waals surface area contributed by atoms with Gasteiger partial charge >= 0.3 is 5.97 Å². The molecule has 21 rings (SSSR count). The third-order valence-electron chi connectivity index (χ3n) is 25.1. The highest BCUT2D eigenvalue weighted by molar-refractivity contribution is 14.1. The Morgan fingerprint density at radius 2 is 1.01 bits per heavy atom. The number of carboxylic acids is 1. The number of nitrogens with two attached hydrogens (primary N) is 4. The third kappa shape index (κ3) is 18.8.